The van der Waals surface area contributed by atoms with Crippen molar-refractivity contribution < 1.29 is 10.0 Å². The van der Waals surface area contributed by atoms with Crippen molar-refractivity contribution in [2.24, 2.45) is 16.8 Å². The minimum atomic E-state index is -0.0531. The number of rotatable bonds is 3. The lowest BCUT2D eigenvalue weighted by atomic mass is 9.96. The SMILES string of the molecule is CC(C)c1ccc(C(=O)N2CCCC(C(N)=NO)C2)cc1. The summed E-state index contributed by atoms with van der Waals surface area (Å²) in [5.74, 6) is 0.625. The molecule has 1 aromatic rings. The molecule has 1 amide bonds. The minimum Gasteiger partial charge on any atom is -0.409 e. The molecule has 1 fully saturated rings. The molecular weight excluding hydrogens is 266 g/mol. The molecule has 1 aliphatic heterocycles. The first kappa shape index (κ1) is 15.4. The Bertz CT molecular complexity index is 523. The fraction of sp³-hybridized carbons (Fsp3) is 0.500. The van der Waals surface area contributed by atoms with E-state index in [-0.39, 0.29) is 17.7 Å². The summed E-state index contributed by atoms with van der Waals surface area (Å²) in [4.78, 5) is 14.3. The van der Waals surface area contributed by atoms with Crippen molar-refractivity contribution in [2.75, 3.05) is 13.1 Å². The number of carbonyl (C=O) groups excluding carboxylic acids is 1. The Morgan fingerprint density at radius 1 is 1.38 bits per heavy atom. The average Bonchev–Trinajstić information content (AvgIpc) is 2.53. The number of oxime groups is 1. The summed E-state index contributed by atoms with van der Waals surface area (Å²) in [5, 5.41) is 11.8. The quantitative estimate of drug-likeness (QED) is 0.388. The summed E-state index contributed by atoms with van der Waals surface area (Å²) in [6, 6.07) is 7.77. The molecule has 0 saturated carbocycles. The number of carbonyl (C=O) groups is 1. The summed E-state index contributed by atoms with van der Waals surface area (Å²) in [7, 11) is 0. The molecular formula is C16H23N3O2. The van der Waals surface area contributed by atoms with Gasteiger partial charge in [0, 0.05) is 24.6 Å². The third-order valence-electron chi connectivity index (χ3n) is 4.07. The third kappa shape index (κ3) is 3.54. The van der Waals surface area contributed by atoms with Crippen molar-refractivity contribution in [2.45, 2.75) is 32.6 Å². The van der Waals surface area contributed by atoms with Gasteiger partial charge >= 0.3 is 0 Å². The Balaban J connectivity index is 2.08. The molecule has 21 heavy (non-hydrogen) atoms. The zero-order valence-electron chi connectivity index (χ0n) is 12.6. The topological polar surface area (TPSA) is 78.9 Å². The average molecular weight is 289 g/mol. The van der Waals surface area contributed by atoms with Crippen molar-refractivity contribution in [3.05, 3.63) is 35.4 Å². The normalized spacial score (nSPS) is 19.9. The lowest BCUT2D eigenvalue weighted by Gasteiger charge is -2.32. The van der Waals surface area contributed by atoms with Crippen LogP contribution in [0.2, 0.25) is 0 Å². The van der Waals surface area contributed by atoms with E-state index < -0.39 is 0 Å². The van der Waals surface area contributed by atoms with Crippen LogP contribution in [0.15, 0.2) is 29.4 Å². The number of benzene rings is 1. The number of amidine groups is 1. The first-order chi connectivity index (χ1) is 10.0. The van der Waals surface area contributed by atoms with Crippen LogP contribution in [0, 0.1) is 5.92 Å². The van der Waals surface area contributed by atoms with Gasteiger partial charge in [-0.15, -0.1) is 0 Å². The van der Waals surface area contributed by atoms with Gasteiger partial charge in [-0.1, -0.05) is 31.1 Å². The number of hydrogen-bond donors (Lipinski definition) is 2. The Labute approximate surface area is 125 Å². The number of piperidine rings is 1. The number of hydrogen-bond acceptors (Lipinski definition) is 3. The number of nitrogens with two attached hydrogens (primary N) is 1. The van der Waals surface area contributed by atoms with Gasteiger partial charge in [-0.25, -0.2) is 0 Å². The molecule has 0 spiro atoms. The first-order valence-corrected chi connectivity index (χ1v) is 7.39. The standard InChI is InChI=1S/C16H23N3O2/c1-11(2)12-5-7-13(8-6-12)16(20)19-9-3-4-14(10-19)15(17)18-21/h5-8,11,14,21H,3-4,9-10H2,1-2H3,(H2,17,18). The van der Waals surface area contributed by atoms with Crippen molar-refractivity contribution in [3.63, 3.8) is 0 Å². The molecule has 0 aromatic heterocycles. The van der Waals surface area contributed by atoms with E-state index in [1.54, 1.807) is 4.90 Å². The van der Waals surface area contributed by atoms with E-state index >= 15 is 0 Å². The Morgan fingerprint density at radius 3 is 2.62 bits per heavy atom. The molecule has 1 aliphatic rings. The monoisotopic (exact) mass is 289 g/mol. The van der Waals surface area contributed by atoms with E-state index in [2.05, 4.69) is 19.0 Å². The molecule has 1 aromatic carbocycles. The maximum Gasteiger partial charge on any atom is 0.253 e. The molecule has 2 rings (SSSR count). The van der Waals surface area contributed by atoms with Crippen LogP contribution in [0.4, 0.5) is 0 Å². The Kier molecular flexibility index (Phi) is 4.83. The van der Waals surface area contributed by atoms with E-state index in [9.17, 15) is 4.79 Å². The minimum absolute atomic E-state index is 0.0146. The van der Waals surface area contributed by atoms with Gasteiger partial charge < -0.3 is 15.8 Å². The van der Waals surface area contributed by atoms with E-state index in [0.717, 1.165) is 19.4 Å². The Morgan fingerprint density at radius 2 is 2.05 bits per heavy atom. The van der Waals surface area contributed by atoms with E-state index in [4.69, 9.17) is 10.9 Å². The van der Waals surface area contributed by atoms with Gasteiger partial charge in [0.05, 0.1) is 0 Å². The zero-order valence-corrected chi connectivity index (χ0v) is 12.6. The highest BCUT2D eigenvalue weighted by atomic mass is 16.4. The third-order valence-corrected chi connectivity index (χ3v) is 4.07. The second kappa shape index (κ2) is 6.61. The van der Waals surface area contributed by atoms with Gasteiger partial charge in [-0.05, 0) is 36.5 Å². The van der Waals surface area contributed by atoms with Crippen LogP contribution in [0.1, 0.15) is 48.5 Å². The van der Waals surface area contributed by atoms with Gasteiger partial charge in [0.25, 0.3) is 5.91 Å². The zero-order chi connectivity index (χ0) is 15.4. The van der Waals surface area contributed by atoms with Crippen molar-refractivity contribution in [1.29, 1.82) is 0 Å². The van der Waals surface area contributed by atoms with Gasteiger partial charge in [-0.3, -0.25) is 4.79 Å². The predicted molar refractivity (Wildman–Crippen MR) is 82.6 cm³/mol. The highest BCUT2D eigenvalue weighted by molar-refractivity contribution is 5.95. The molecule has 5 nitrogen and oxygen atoms in total. The number of amides is 1. The summed E-state index contributed by atoms with van der Waals surface area (Å²) in [5.41, 5.74) is 7.58. The van der Waals surface area contributed by atoms with E-state index in [1.807, 2.05) is 24.3 Å². The molecule has 0 radical (unpaired) electrons. The second-order valence-electron chi connectivity index (χ2n) is 5.89. The van der Waals surface area contributed by atoms with Crippen molar-refractivity contribution in [1.82, 2.24) is 4.90 Å². The van der Waals surface area contributed by atoms with Crippen LogP contribution in [0.25, 0.3) is 0 Å². The van der Waals surface area contributed by atoms with E-state index in [0.29, 0.717) is 18.0 Å². The van der Waals surface area contributed by atoms with Crippen LogP contribution in [-0.2, 0) is 0 Å². The first-order valence-electron chi connectivity index (χ1n) is 7.39. The summed E-state index contributed by atoms with van der Waals surface area (Å²) >= 11 is 0. The molecule has 114 valence electrons. The van der Waals surface area contributed by atoms with Crippen molar-refractivity contribution >= 4 is 11.7 Å². The Hall–Kier alpha value is -2.04. The molecule has 0 bridgehead atoms. The molecule has 1 saturated heterocycles. The summed E-state index contributed by atoms with van der Waals surface area (Å²) in [6.07, 6.45) is 1.72. The second-order valence-corrected chi connectivity index (χ2v) is 5.89. The van der Waals surface area contributed by atoms with Crippen LogP contribution in [0.5, 0.6) is 0 Å². The number of nitrogens with zero attached hydrogens (tertiary/aromatic N) is 2. The van der Waals surface area contributed by atoms with Gasteiger partial charge in [-0.2, -0.15) is 0 Å². The highest BCUT2D eigenvalue weighted by Gasteiger charge is 2.26. The fourth-order valence-electron chi connectivity index (χ4n) is 2.68. The maximum atomic E-state index is 12.5. The van der Waals surface area contributed by atoms with Gasteiger partial charge in [0.15, 0.2) is 0 Å². The lowest BCUT2D eigenvalue weighted by Crippen LogP contribution is -2.44. The van der Waals surface area contributed by atoms with Gasteiger partial charge in [0.2, 0.25) is 0 Å². The summed E-state index contributed by atoms with van der Waals surface area (Å²) < 4.78 is 0. The molecule has 3 N–H and O–H groups in total. The van der Waals surface area contributed by atoms with E-state index in [1.165, 1.54) is 5.56 Å². The molecule has 0 aliphatic carbocycles. The van der Waals surface area contributed by atoms with Crippen LogP contribution < -0.4 is 5.73 Å². The van der Waals surface area contributed by atoms with Crippen LogP contribution >= 0.6 is 0 Å². The fourth-order valence-corrected chi connectivity index (χ4v) is 2.68. The van der Waals surface area contributed by atoms with Crippen LogP contribution in [0.3, 0.4) is 0 Å². The summed E-state index contributed by atoms with van der Waals surface area (Å²) in [6.45, 7) is 5.49. The maximum absolute atomic E-state index is 12.5. The predicted octanol–water partition coefficient (Wildman–Crippen LogP) is 2.41. The van der Waals surface area contributed by atoms with Crippen molar-refractivity contribution in [3.8, 4) is 0 Å². The van der Waals surface area contributed by atoms with Crippen LogP contribution in [-0.4, -0.2) is 34.9 Å². The van der Waals surface area contributed by atoms with Gasteiger partial charge in [0.1, 0.15) is 5.84 Å². The highest BCUT2D eigenvalue weighted by Crippen LogP contribution is 2.20. The number of likely N-dealkylation sites (tertiary alicyclic amines) is 1. The smallest absolute Gasteiger partial charge is 0.253 e. The molecule has 1 atom stereocenters. The largest absolute Gasteiger partial charge is 0.409 e. The molecule has 5 heteroatoms. The lowest BCUT2D eigenvalue weighted by molar-refractivity contribution is 0.0701. The molecule has 1 unspecified atom stereocenters. The molecule has 1 heterocycles.